The minimum atomic E-state index is -4.52. The first-order valence-electron chi connectivity index (χ1n) is 7.80. The van der Waals surface area contributed by atoms with Gasteiger partial charge in [-0.25, -0.2) is 15.0 Å². The SMILES string of the molecule is Nc1ncc(-c2cnc3ccccc3n2)c(-c2ccc(C(F)(F)F)nc2)n1. The second-order valence-corrected chi connectivity index (χ2v) is 5.66. The van der Waals surface area contributed by atoms with E-state index in [9.17, 15) is 13.2 Å². The quantitative estimate of drug-likeness (QED) is 0.579. The number of para-hydroxylation sites is 2. The van der Waals surface area contributed by atoms with Gasteiger partial charge in [0.1, 0.15) is 5.69 Å². The molecule has 0 aliphatic carbocycles. The Hall–Kier alpha value is -3.62. The average molecular weight is 368 g/mol. The zero-order valence-electron chi connectivity index (χ0n) is 13.6. The molecule has 6 nitrogen and oxygen atoms in total. The largest absolute Gasteiger partial charge is 0.433 e. The number of nitrogens with zero attached hydrogens (tertiary/aromatic N) is 5. The summed E-state index contributed by atoms with van der Waals surface area (Å²) in [6.45, 7) is 0. The normalized spacial score (nSPS) is 11.7. The Morgan fingerprint density at radius 2 is 1.56 bits per heavy atom. The molecule has 1 aromatic carbocycles. The Bertz CT molecular complexity index is 1130. The van der Waals surface area contributed by atoms with Crippen molar-refractivity contribution >= 4 is 17.0 Å². The maximum absolute atomic E-state index is 12.8. The number of pyridine rings is 1. The molecule has 9 heteroatoms. The van der Waals surface area contributed by atoms with Crippen molar-refractivity contribution in [2.45, 2.75) is 6.18 Å². The van der Waals surface area contributed by atoms with Crippen molar-refractivity contribution in [2.24, 2.45) is 0 Å². The predicted molar refractivity (Wildman–Crippen MR) is 93.2 cm³/mol. The van der Waals surface area contributed by atoms with Crippen molar-refractivity contribution in [2.75, 3.05) is 5.73 Å². The third-order valence-corrected chi connectivity index (χ3v) is 3.86. The Balaban J connectivity index is 1.85. The summed E-state index contributed by atoms with van der Waals surface area (Å²) in [5, 5.41) is 0. The summed E-state index contributed by atoms with van der Waals surface area (Å²) in [6, 6.07) is 9.50. The van der Waals surface area contributed by atoms with E-state index in [4.69, 9.17) is 5.73 Å². The molecule has 0 aliphatic rings. The van der Waals surface area contributed by atoms with Crippen LogP contribution in [0.25, 0.3) is 33.5 Å². The molecule has 4 rings (SSSR count). The first-order valence-corrected chi connectivity index (χ1v) is 7.80. The zero-order valence-corrected chi connectivity index (χ0v) is 13.6. The molecule has 0 saturated heterocycles. The third kappa shape index (κ3) is 3.26. The van der Waals surface area contributed by atoms with Gasteiger partial charge in [0.15, 0.2) is 0 Å². The number of hydrogen-bond donors (Lipinski definition) is 1. The van der Waals surface area contributed by atoms with Gasteiger partial charge in [-0.1, -0.05) is 12.1 Å². The molecule has 0 fully saturated rings. The molecular weight excluding hydrogens is 357 g/mol. The number of anilines is 1. The molecule has 0 radical (unpaired) electrons. The summed E-state index contributed by atoms with van der Waals surface area (Å²) in [5.74, 6) is -0.0117. The van der Waals surface area contributed by atoms with E-state index < -0.39 is 11.9 Å². The highest BCUT2D eigenvalue weighted by Gasteiger charge is 2.32. The van der Waals surface area contributed by atoms with Crippen LogP contribution in [0.3, 0.4) is 0 Å². The van der Waals surface area contributed by atoms with Gasteiger partial charge < -0.3 is 5.73 Å². The van der Waals surface area contributed by atoms with Crippen LogP contribution in [0.15, 0.2) is 55.0 Å². The fourth-order valence-corrected chi connectivity index (χ4v) is 2.59. The number of hydrogen-bond acceptors (Lipinski definition) is 6. The fourth-order valence-electron chi connectivity index (χ4n) is 2.59. The second kappa shape index (κ2) is 6.27. The Morgan fingerprint density at radius 1 is 0.778 bits per heavy atom. The lowest BCUT2D eigenvalue weighted by Crippen LogP contribution is -2.07. The average Bonchev–Trinajstić information content (AvgIpc) is 2.67. The third-order valence-electron chi connectivity index (χ3n) is 3.86. The molecule has 0 bridgehead atoms. The van der Waals surface area contributed by atoms with E-state index in [1.54, 1.807) is 6.20 Å². The maximum Gasteiger partial charge on any atom is 0.433 e. The van der Waals surface area contributed by atoms with Crippen LogP contribution < -0.4 is 5.73 Å². The van der Waals surface area contributed by atoms with Crippen LogP contribution >= 0.6 is 0 Å². The summed E-state index contributed by atoms with van der Waals surface area (Å²) in [6.07, 6.45) is -0.398. The van der Waals surface area contributed by atoms with E-state index in [2.05, 4.69) is 24.9 Å². The second-order valence-electron chi connectivity index (χ2n) is 5.66. The van der Waals surface area contributed by atoms with Crippen molar-refractivity contribution in [3.05, 3.63) is 60.7 Å². The molecule has 0 saturated carbocycles. The van der Waals surface area contributed by atoms with Crippen molar-refractivity contribution in [1.29, 1.82) is 0 Å². The molecular formula is C18H11F3N6. The van der Waals surface area contributed by atoms with Crippen molar-refractivity contribution in [1.82, 2.24) is 24.9 Å². The molecule has 0 aliphatic heterocycles. The summed E-state index contributed by atoms with van der Waals surface area (Å²) in [5.41, 5.74) is 7.73. The first kappa shape index (κ1) is 16.8. The number of halogens is 3. The van der Waals surface area contributed by atoms with Crippen LogP contribution in [-0.2, 0) is 6.18 Å². The van der Waals surface area contributed by atoms with Gasteiger partial charge >= 0.3 is 6.18 Å². The highest BCUT2D eigenvalue weighted by atomic mass is 19.4. The number of benzene rings is 1. The van der Waals surface area contributed by atoms with Gasteiger partial charge in [-0.2, -0.15) is 13.2 Å². The van der Waals surface area contributed by atoms with Crippen molar-refractivity contribution in [3.63, 3.8) is 0 Å². The topological polar surface area (TPSA) is 90.5 Å². The number of rotatable bonds is 2. The maximum atomic E-state index is 12.8. The minimum absolute atomic E-state index is 0.0117. The van der Waals surface area contributed by atoms with Gasteiger partial charge in [-0.3, -0.25) is 9.97 Å². The Labute approximate surface area is 151 Å². The number of alkyl halides is 3. The number of nitrogens with two attached hydrogens (primary N) is 1. The summed E-state index contributed by atoms with van der Waals surface area (Å²) < 4.78 is 38.3. The molecule has 3 heterocycles. The van der Waals surface area contributed by atoms with E-state index in [1.165, 1.54) is 12.3 Å². The number of fused-ring (bicyclic) bond motifs is 1. The van der Waals surface area contributed by atoms with Crippen LogP contribution in [0.4, 0.5) is 19.1 Å². The number of nitrogen functional groups attached to an aromatic ring is 1. The van der Waals surface area contributed by atoms with E-state index in [1.807, 2.05) is 24.3 Å². The van der Waals surface area contributed by atoms with E-state index in [0.717, 1.165) is 17.8 Å². The van der Waals surface area contributed by atoms with Gasteiger partial charge in [-0.05, 0) is 24.3 Å². The summed E-state index contributed by atoms with van der Waals surface area (Å²) in [4.78, 5) is 20.5. The zero-order chi connectivity index (χ0) is 19.0. The smallest absolute Gasteiger partial charge is 0.368 e. The Kier molecular flexibility index (Phi) is 3.91. The monoisotopic (exact) mass is 368 g/mol. The standard InChI is InChI=1S/C18H11F3N6/c19-18(20,21)15-6-5-10(7-24-15)16-11(8-25-17(22)27-16)14-9-23-12-3-1-2-4-13(12)26-14/h1-9H,(H2,22,25,27). The lowest BCUT2D eigenvalue weighted by atomic mass is 10.1. The van der Waals surface area contributed by atoms with Crippen molar-refractivity contribution < 1.29 is 13.2 Å². The van der Waals surface area contributed by atoms with Crippen LogP contribution in [0.1, 0.15) is 5.69 Å². The van der Waals surface area contributed by atoms with E-state index >= 15 is 0 Å². The number of aromatic nitrogens is 5. The highest BCUT2D eigenvalue weighted by molar-refractivity contribution is 5.82. The molecule has 4 aromatic rings. The molecule has 134 valence electrons. The fraction of sp³-hybridized carbons (Fsp3) is 0.0556. The first-order chi connectivity index (χ1) is 12.9. The van der Waals surface area contributed by atoms with Crippen LogP contribution in [0, 0.1) is 0 Å². The predicted octanol–water partition coefficient (Wildman–Crippen LogP) is 3.75. The molecule has 0 spiro atoms. The Morgan fingerprint density at radius 3 is 2.26 bits per heavy atom. The lowest BCUT2D eigenvalue weighted by Gasteiger charge is -2.10. The van der Waals surface area contributed by atoms with Crippen LogP contribution in [0.2, 0.25) is 0 Å². The van der Waals surface area contributed by atoms with Gasteiger partial charge in [0.2, 0.25) is 5.95 Å². The minimum Gasteiger partial charge on any atom is -0.368 e. The molecule has 0 amide bonds. The van der Waals surface area contributed by atoms with Crippen molar-refractivity contribution in [3.8, 4) is 22.5 Å². The van der Waals surface area contributed by atoms with Crippen LogP contribution in [-0.4, -0.2) is 24.9 Å². The molecule has 0 atom stereocenters. The van der Waals surface area contributed by atoms with E-state index in [-0.39, 0.29) is 5.95 Å². The lowest BCUT2D eigenvalue weighted by molar-refractivity contribution is -0.141. The van der Waals surface area contributed by atoms with Crippen LogP contribution in [0.5, 0.6) is 0 Å². The molecule has 0 unspecified atom stereocenters. The van der Waals surface area contributed by atoms with Gasteiger partial charge in [0.05, 0.1) is 28.6 Å². The van der Waals surface area contributed by atoms with Gasteiger partial charge in [0.25, 0.3) is 0 Å². The molecule has 27 heavy (non-hydrogen) atoms. The highest BCUT2D eigenvalue weighted by Crippen LogP contribution is 2.32. The van der Waals surface area contributed by atoms with Gasteiger partial charge in [0, 0.05) is 23.5 Å². The van der Waals surface area contributed by atoms with E-state index in [0.29, 0.717) is 28.0 Å². The molecule has 2 N–H and O–H groups in total. The van der Waals surface area contributed by atoms with Gasteiger partial charge in [-0.15, -0.1) is 0 Å². The molecule has 3 aromatic heterocycles. The summed E-state index contributed by atoms with van der Waals surface area (Å²) in [7, 11) is 0. The summed E-state index contributed by atoms with van der Waals surface area (Å²) >= 11 is 0.